The quantitative estimate of drug-likeness (QED) is 0.230. The van der Waals surface area contributed by atoms with E-state index < -0.39 is 0 Å². The summed E-state index contributed by atoms with van der Waals surface area (Å²) in [5.41, 5.74) is 12.3. The summed E-state index contributed by atoms with van der Waals surface area (Å²) in [5.74, 6) is 0.514. The number of rotatable bonds is 15. The van der Waals surface area contributed by atoms with Gasteiger partial charge in [-0.3, -0.25) is 0 Å². The van der Waals surface area contributed by atoms with Crippen molar-refractivity contribution in [1.29, 1.82) is 0 Å². The highest BCUT2D eigenvalue weighted by Crippen LogP contribution is 2.13. The van der Waals surface area contributed by atoms with Gasteiger partial charge in [0.25, 0.3) is 0 Å². The number of hydrogen-bond donors (Lipinski definition) is 3. The second-order valence-electron chi connectivity index (χ2n) is 7.02. The first kappa shape index (κ1) is 22.9. The van der Waals surface area contributed by atoms with Gasteiger partial charge < -0.3 is 11.1 Å². The Hall–Kier alpha value is -2.14. The Morgan fingerprint density at radius 1 is 1.00 bits per heavy atom. The van der Waals surface area contributed by atoms with E-state index in [1.165, 1.54) is 56.1 Å². The highest BCUT2D eigenvalue weighted by molar-refractivity contribution is 5.23. The Kier molecular flexibility index (Phi) is 11.9. The van der Waals surface area contributed by atoms with Gasteiger partial charge in [-0.1, -0.05) is 81.7 Å². The molecule has 0 amide bonds. The van der Waals surface area contributed by atoms with E-state index in [4.69, 9.17) is 5.73 Å². The summed E-state index contributed by atoms with van der Waals surface area (Å²) >= 11 is 0. The first-order valence-electron chi connectivity index (χ1n) is 10.1. The molecule has 150 valence electrons. The summed E-state index contributed by atoms with van der Waals surface area (Å²) in [6.45, 7) is 10.0. The van der Waals surface area contributed by atoms with E-state index in [1.807, 2.05) is 0 Å². The summed E-state index contributed by atoms with van der Waals surface area (Å²) < 4.78 is 0. The lowest BCUT2D eigenvalue weighted by molar-refractivity contribution is 0.607. The smallest absolute Gasteiger partial charge is 0.118 e. The molecule has 0 aliphatic rings. The standard InChI is InChI=1S/C22H37N5/c1-5-6-7-8-9-10-11-20-12-14-21(15-13-20)16-17-22(23)18(2)25-19(3)26-27-24-4/h12-15,22,25H,2-3,5-11,16-17,23H2,1,4H3,(H,24,26). The topological polar surface area (TPSA) is 74.8 Å². The van der Waals surface area contributed by atoms with Gasteiger partial charge in [0.15, 0.2) is 0 Å². The molecule has 0 fully saturated rings. The molecule has 4 N–H and O–H groups in total. The lowest BCUT2D eigenvalue weighted by Gasteiger charge is -2.17. The molecule has 1 atom stereocenters. The Balaban J connectivity index is 2.28. The van der Waals surface area contributed by atoms with E-state index in [1.54, 1.807) is 7.05 Å². The Labute approximate surface area is 165 Å². The third kappa shape index (κ3) is 10.6. The van der Waals surface area contributed by atoms with E-state index in [9.17, 15) is 0 Å². The maximum atomic E-state index is 6.20. The van der Waals surface area contributed by atoms with Crippen molar-refractivity contribution < 1.29 is 0 Å². The number of unbranched alkanes of at least 4 members (excludes halogenated alkanes) is 5. The van der Waals surface area contributed by atoms with Gasteiger partial charge in [0.1, 0.15) is 5.82 Å². The van der Waals surface area contributed by atoms with Crippen LogP contribution in [-0.4, -0.2) is 13.1 Å². The number of nitrogens with one attached hydrogen (secondary N) is 2. The third-order valence-corrected chi connectivity index (χ3v) is 4.63. The van der Waals surface area contributed by atoms with Crippen LogP contribution in [0.4, 0.5) is 0 Å². The van der Waals surface area contributed by atoms with Crippen molar-refractivity contribution in [3.8, 4) is 0 Å². The second kappa shape index (κ2) is 14.0. The molecule has 0 radical (unpaired) electrons. The van der Waals surface area contributed by atoms with Gasteiger partial charge in [-0.25, -0.2) is 5.43 Å². The molecule has 5 nitrogen and oxygen atoms in total. The van der Waals surface area contributed by atoms with Crippen molar-refractivity contribution in [1.82, 2.24) is 10.7 Å². The van der Waals surface area contributed by atoms with Crippen LogP contribution in [0.2, 0.25) is 0 Å². The fourth-order valence-electron chi connectivity index (χ4n) is 2.90. The average molecular weight is 372 g/mol. The van der Waals surface area contributed by atoms with Crippen molar-refractivity contribution in [3.63, 3.8) is 0 Å². The van der Waals surface area contributed by atoms with E-state index >= 15 is 0 Å². The van der Waals surface area contributed by atoms with Crippen LogP contribution in [0.3, 0.4) is 0 Å². The summed E-state index contributed by atoms with van der Waals surface area (Å²) in [6.07, 6.45) is 11.0. The molecule has 5 heteroatoms. The minimum absolute atomic E-state index is 0.148. The molecule has 1 aromatic rings. The fourth-order valence-corrected chi connectivity index (χ4v) is 2.90. The zero-order valence-electron chi connectivity index (χ0n) is 17.1. The Morgan fingerprint density at radius 3 is 2.22 bits per heavy atom. The monoisotopic (exact) mass is 371 g/mol. The molecule has 27 heavy (non-hydrogen) atoms. The molecule has 0 spiro atoms. The minimum Gasteiger partial charge on any atom is -0.344 e. The zero-order valence-corrected chi connectivity index (χ0v) is 17.1. The lowest BCUT2D eigenvalue weighted by atomic mass is 10.0. The van der Waals surface area contributed by atoms with Gasteiger partial charge in [0, 0.05) is 11.7 Å². The third-order valence-electron chi connectivity index (χ3n) is 4.63. The van der Waals surface area contributed by atoms with Crippen LogP contribution in [0.5, 0.6) is 0 Å². The SMILES string of the molecule is C=C(NN=NC)NC(=C)C(N)CCc1ccc(CCCCCCCC)cc1. The van der Waals surface area contributed by atoms with Crippen molar-refractivity contribution in [2.75, 3.05) is 7.05 Å². The first-order valence-corrected chi connectivity index (χ1v) is 10.1. The van der Waals surface area contributed by atoms with Crippen molar-refractivity contribution in [3.05, 3.63) is 60.1 Å². The summed E-state index contributed by atoms with van der Waals surface area (Å²) in [5, 5.41) is 10.3. The van der Waals surface area contributed by atoms with Gasteiger partial charge >= 0.3 is 0 Å². The first-order chi connectivity index (χ1) is 13.1. The molecule has 0 heterocycles. The lowest BCUT2D eigenvalue weighted by Crippen LogP contribution is -2.33. The molecule has 1 unspecified atom stereocenters. The Bertz CT molecular complexity index is 577. The molecule has 0 saturated carbocycles. The van der Waals surface area contributed by atoms with Gasteiger partial charge in [-0.2, -0.15) is 5.11 Å². The van der Waals surface area contributed by atoms with Crippen LogP contribution in [0.1, 0.15) is 63.0 Å². The van der Waals surface area contributed by atoms with Crippen LogP contribution in [0, 0.1) is 0 Å². The molecular weight excluding hydrogens is 334 g/mol. The highest BCUT2D eigenvalue weighted by Gasteiger charge is 2.08. The molecule has 1 rings (SSSR count). The number of nitrogens with two attached hydrogens (primary N) is 1. The van der Waals surface area contributed by atoms with Crippen LogP contribution in [0.25, 0.3) is 0 Å². The van der Waals surface area contributed by atoms with Crippen LogP contribution in [-0.2, 0) is 12.8 Å². The number of hydrogen-bond acceptors (Lipinski definition) is 4. The number of aryl methyl sites for hydroxylation is 2. The van der Waals surface area contributed by atoms with Crippen molar-refractivity contribution in [2.45, 2.75) is 70.8 Å². The predicted octanol–water partition coefficient (Wildman–Crippen LogP) is 5.01. The van der Waals surface area contributed by atoms with Gasteiger partial charge in [-0.15, -0.1) is 0 Å². The average Bonchev–Trinajstić information content (AvgIpc) is 2.68. The van der Waals surface area contributed by atoms with Crippen LogP contribution < -0.4 is 16.5 Å². The van der Waals surface area contributed by atoms with Crippen molar-refractivity contribution in [2.24, 2.45) is 16.1 Å². The predicted molar refractivity (Wildman–Crippen MR) is 115 cm³/mol. The van der Waals surface area contributed by atoms with Gasteiger partial charge in [0.05, 0.1) is 7.05 Å². The second-order valence-corrected chi connectivity index (χ2v) is 7.02. The molecule has 0 aliphatic heterocycles. The summed E-state index contributed by atoms with van der Waals surface area (Å²) in [6, 6.07) is 8.79. The van der Waals surface area contributed by atoms with E-state index in [0.29, 0.717) is 5.82 Å². The van der Waals surface area contributed by atoms with E-state index in [2.05, 4.69) is 65.4 Å². The van der Waals surface area contributed by atoms with E-state index in [-0.39, 0.29) is 6.04 Å². The van der Waals surface area contributed by atoms with E-state index in [0.717, 1.165) is 18.5 Å². The molecule has 0 aromatic heterocycles. The molecule has 0 aliphatic carbocycles. The highest BCUT2D eigenvalue weighted by atomic mass is 15.4. The molecular formula is C22H37N5. The zero-order chi connectivity index (χ0) is 19.9. The summed E-state index contributed by atoms with van der Waals surface area (Å²) in [4.78, 5) is 0. The largest absolute Gasteiger partial charge is 0.344 e. The minimum atomic E-state index is -0.148. The van der Waals surface area contributed by atoms with Gasteiger partial charge in [0.2, 0.25) is 0 Å². The van der Waals surface area contributed by atoms with Crippen LogP contribution >= 0.6 is 0 Å². The summed E-state index contributed by atoms with van der Waals surface area (Å²) in [7, 11) is 1.58. The maximum absolute atomic E-state index is 6.20. The Morgan fingerprint density at radius 2 is 1.59 bits per heavy atom. The fraction of sp³-hybridized carbons (Fsp3) is 0.545. The molecule has 1 aromatic carbocycles. The number of nitrogens with zero attached hydrogens (tertiary/aromatic N) is 2. The molecule has 0 saturated heterocycles. The van der Waals surface area contributed by atoms with Crippen LogP contribution in [0.15, 0.2) is 59.3 Å². The normalized spacial score (nSPS) is 12.1. The maximum Gasteiger partial charge on any atom is 0.118 e. The molecule has 0 bridgehead atoms. The van der Waals surface area contributed by atoms with Gasteiger partial charge in [-0.05, 0) is 36.8 Å². The van der Waals surface area contributed by atoms with Crippen molar-refractivity contribution >= 4 is 0 Å². The number of benzene rings is 1.